The summed E-state index contributed by atoms with van der Waals surface area (Å²) in [6.45, 7) is 4.64. The first-order valence-electron chi connectivity index (χ1n) is 16.7. The monoisotopic (exact) mass is 638 g/mol. The molecular weight excluding hydrogens is 594 g/mol. The number of nitrogens with zero attached hydrogens (tertiary/aromatic N) is 6. The van der Waals surface area contributed by atoms with E-state index in [1.165, 1.54) is 65.7 Å². The number of carbonyl (C=O) groups excluding carboxylic acids is 2. The van der Waals surface area contributed by atoms with Crippen LogP contribution in [-0.4, -0.2) is 109 Å². The molecule has 4 heterocycles. The van der Waals surface area contributed by atoms with Gasteiger partial charge in [-0.1, -0.05) is 12.8 Å². The molecule has 2 N–H and O–H groups in total. The van der Waals surface area contributed by atoms with Crippen LogP contribution in [0.4, 0.5) is 31.9 Å². The number of hydrogen-bond acceptors (Lipinski definition) is 9. The van der Waals surface area contributed by atoms with E-state index in [2.05, 4.69) is 30.4 Å². The molecule has 1 aromatic heterocycles. The fourth-order valence-electron chi connectivity index (χ4n) is 7.46. The molecule has 11 nitrogen and oxygen atoms in total. The van der Waals surface area contributed by atoms with Gasteiger partial charge in [-0.25, -0.2) is 4.98 Å². The summed E-state index contributed by atoms with van der Waals surface area (Å²) in [7, 11) is 2.85. The Kier molecular flexibility index (Phi) is 8.47. The molecule has 2 saturated carbocycles. The highest BCUT2D eigenvalue weighted by molar-refractivity contribution is 6.02. The van der Waals surface area contributed by atoms with Crippen molar-refractivity contribution in [2.45, 2.75) is 75.4 Å². The maximum absolute atomic E-state index is 14.9. The van der Waals surface area contributed by atoms with Crippen LogP contribution in [0.1, 0.15) is 61.7 Å². The Labute approximate surface area is 268 Å². The van der Waals surface area contributed by atoms with Crippen molar-refractivity contribution in [3.63, 3.8) is 0 Å². The topological polar surface area (TPSA) is 106 Å². The molecule has 7 rings (SSSR count). The molecule has 5 aliphatic rings. The van der Waals surface area contributed by atoms with E-state index in [0.717, 1.165) is 49.6 Å². The molecule has 2 aromatic rings. The number of aromatic nitrogens is 2. The van der Waals surface area contributed by atoms with Crippen molar-refractivity contribution < 1.29 is 23.1 Å². The number of carbonyl (C=O) groups is 2. The molecule has 1 aromatic carbocycles. The van der Waals surface area contributed by atoms with Crippen LogP contribution in [0.5, 0.6) is 5.75 Å². The summed E-state index contributed by atoms with van der Waals surface area (Å²) in [5, 5.41) is 6.29. The zero-order chi connectivity index (χ0) is 32.0. The van der Waals surface area contributed by atoms with Crippen molar-refractivity contribution in [2.75, 3.05) is 68.5 Å². The predicted molar refractivity (Wildman–Crippen MR) is 171 cm³/mol. The van der Waals surface area contributed by atoms with Crippen molar-refractivity contribution in [3.05, 3.63) is 30.0 Å². The van der Waals surface area contributed by atoms with E-state index in [4.69, 9.17) is 4.74 Å². The number of alkyl halides is 2. The number of benzene rings is 1. The molecular formula is C33H44F2N8O3. The lowest BCUT2D eigenvalue weighted by Gasteiger charge is -2.47. The number of anilines is 4. The average Bonchev–Trinajstić information content (AvgIpc) is 3.70. The van der Waals surface area contributed by atoms with Gasteiger partial charge < -0.3 is 30.1 Å². The van der Waals surface area contributed by atoms with Crippen LogP contribution in [0.3, 0.4) is 0 Å². The van der Waals surface area contributed by atoms with Gasteiger partial charge in [-0.15, -0.1) is 0 Å². The molecule has 3 aliphatic heterocycles. The van der Waals surface area contributed by atoms with Crippen molar-refractivity contribution in [1.82, 2.24) is 25.1 Å². The quantitative estimate of drug-likeness (QED) is 0.424. The summed E-state index contributed by atoms with van der Waals surface area (Å²) in [5.74, 6) is -3.14. The molecule has 0 unspecified atom stereocenters. The van der Waals surface area contributed by atoms with Gasteiger partial charge in [-0.2, -0.15) is 13.8 Å². The minimum Gasteiger partial charge on any atom is -0.495 e. The van der Waals surface area contributed by atoms with E-state index >= 15 is 0 Å². The summed E-state index contributed by atoms with van der Waals surface area (Å²) in [5.41, 5.74) is 1.25. The maximum Gasteiger partial charge on any atom is 0.342 e. The summed E-state index contributed by atoms with van der Waals surface area (Å²) in [6.07, 6.45) is 10.0. The van der Waals surface area contributed by atoms with Gasteiger partial charge in [-0.3, -0.25) is 14.5 Å². The van der Waals surface area contributed by atoms with E-state index in [1.54, 1.807) is 23.1 Å². The van der Waals surface area contributed by atoms with Crippen LogP contribution >= 0.6 is 0 Å². The van der Waals surface area contributed by atoms with Gasteiger partial charge in [0.2, 0.25) is 5.95 Å². The Bertz CT molecular complexity index is 1450. The number of halogens is 2. The number of methoxy groups -OCH3 is 1. The number of rotatable bonds is 9. The van der Waals surface area contributed by atoms with Crippen LogP contribution in [-0.2, 0) is 4.79 Å². The van der Waals surface area contributed by atoms with Crippen LogP contribution in [0.2, 0.25) is 0 Å². The largest absolute Gasteiger partial charge is 0.495 e. The van der Waals surface area contributed by atoms with E-state index in [1.807, 2.05) is 0 Å². The molecule has 2 aliphatic carbocycles. The molecule has 248 valence electrons. The number of amides is 2. The smallest absolute Gasteiger partial charge is 0.342 e. The van der Waals surface area contributed by atoms with Gasteiger partial charge in [0.1, 0.15) is 11.4 Å². The van der Waals surface area contributed by atoms with E-state index in [9.17, 15) is 18.4 Å². The third kappa shape index (κ3) is 6.35. The third-order valence-corrected chi connectivity index (χ3v) is 10.4. The third-order valence-electron chi connectivity index (χ3n) is 10.4. The second kappa shape index (κ2) is 12.6. The Hall–Kier alpha value is -3.58. The molecule has 0 atom stereocenters. The lowest BCUT2D eigenvalue weighted by Crippen LogP contribution is -2.63. The van der Waals surface area contributed by atoms with Crippen LogP contribution in [0.15, 0.2) is 24.4 Å². The predicted octanol–water partition coefficient (Wildman–Crippen LogP) is 3.88. The van der Waals surface area contributed by atoms with E-state index < -0.39 is 18.4 Å². The molecule has 2 saturated heterocycles. The molecule has 0 bridgehead atoms. The van der Waals surface area contributed by atoms with Crippen molar-refractivity contribution in [1.29, 1.82) is 0 Å². The van der Waals surface area contributed by atoms with E-state index in [-0.39, 0.29) is 29.6 Å². The molecule has 0 spiro atoms. The Morgan fingerprint density at radius 3 is 2.50 bits per heavy atom. The number of piperidine rings is 1. The number of nitrogens with one attached hydrogen (secondary N) is 2. The first-order valence-corrected chi connectivity index (χ1v) is 16.7. The van der Waals surface area contributed by atoms with Crippen LogP contribution in [0.25, 0.3) is 0 Å². The molecule has 46 heavy (non-hydrogen) atoms. The van der Waals surface area contributed by atoms with Gasteiger partial charge in [0.15, 0.2) is 5.82 Å². The molecule has 0 radical (unpaired) electrons. The normalized spacial score (nSPS) is 23.2. The summed E-state index contributed by atoms with van der Waals surface area (Å²) in [4.78, 5) is 42.3. The summed E-state index contributed by atoms with van der Waals surface area (Å²) >= 11 is 0. The van der Waals surface area contributed by atoms with Crippen molar-refractivity contribution in [2.24, 2.45) is 5.92 Å². The van der Waals surface area contributed by atoms with Gasteiger partial charge >= 0.3 is 5.92 Å². The Morgan fingerprint density at radius 2 is 1.80 bits per heavy atom. The molecule has 2 amide bonds. The molecule has 13 heteroatoms. The Balaban J connectivity index is 0.993. The highest BCUT2D eigenvalue weighted by Gasteiger charge is 2.49. The Morgan fingerprint density at radius 1 is 1.07 bits per heavy atom. The standard InChI is InChI=1S/C33H44F2N8O3/c1-40-27-16-36-32(39-29(27)43(25-5-3-4-6-25)20-33(34,35)31(40)45)38-26-10-9-22(15-28(26)46-2)30(44)37-23-18-42(19-23)24-11-13-41(14-12-24)17-21-7-8-21/h9-10,15-16,21,23-25H,3-8,11-14,17-20H2,1-2H3,(H,37,44)(H,36,38,39). The zero-order valence-electron chi connectivity index (χ0n) is 26.7. The fourth-order valence-corrected chi connectivity index (χ4v) is 7.46. The lowest BCUT2D eigenvalue weighted by molar-refractivity contribution is -0.140. The van der Waals surface area contributed by atoms with Crippen LogP contribution in [0, 0.1) is 5.92 Å². The fraction of sp³-hybridized carbons (Fsp3) is 0.636. The molecule has 4 fully saturated rings. The highest BCUT2D eigenvalue weighted by atomic mass is 19.3. The second-order valence-electron chi connectivity index (χ2n) is 13.7. The van der Waals surface area contributed by atoms with Crippen molar-refractivity contribution in [3.8, 4) is 5.75 Å². The van der Waals surface area contributed by atoms with Gasteiger partial charge in [0.25, 0.3) is 11.8 Å². The van der Waals surface area contributed by atoms with Gasteiger partial charge in [0, 0.05) is 44.3 Å². The average molecular weight is 639 g/mol. The number of fused-ring (bicyclic) bond motifs is 1. The van der Waals surface area contributed by atoms with E-state index in [0.29, 0.717) is 28.9 Å². The minimum atomic E-state index is -3.55. The SMILES string of the molecule is COc1cc(C(=O)NC2CN(C3CCN(CC4CC4)CC3)C2)ccc1Nc1ncc2c(n1)N(C1CCCC1)CC(F)(F)C(=O)N2C. The first-order chi connectivity index (χ1) is 22.2. The first kappa shape index (κ1) is 31.0. The van der Waals surface area contributed by atoms with Crippen LogP contribution < -0.4 is 25.2 Å². The van der Waals surface area contributed by atoms with Crippen molar-refractivity contribution >= 4 is 35.0 Å². The summed E-state index contributed by atoms with van der Waals surface area (Å²) in [6, 6.07) is 5.70. The lowest BCUT2D eigenvalue weighted by atomic mass is 9.97. The number of hydrogen-bond donors (Lipinski definition) is 2. The van der Waals surface area contributed by atoms with Gasteiger partial charge in [-0.05, 0) is 75.7 Å². The minimum absolute atomic E-state index is 0.119. The second-order valence-corrected chi connectivity index (χ2v) is 13.7. The maximum atomic E-state index is 14.9. The number of likely N-dealkylation sites (tertiary alicyclic amines) is 2. The van der Waals surface area contributed by atoms with Gasteiger partial charge in [0.05, 0.1) is 31.6 Å². The number of ether oxygens (including phenoxy) is 1. The zero-order valence-corrected chi connectivity index (χ0v) is 26.7. The summed E-state index contributed by atoms with van der Waals surface area (Å²) < 4.78 is 35.5. The highest BCUT2D eigenvalue weighted by Crippen LogP contribution is 2.40.